The monoisotopic (exact) mass is 463 g/mol. The Morgan fingerprint density at radius 1 is 0.969 bits per heavy atom. The molecule has 8 heteroatoms. The predicted molar refractivity (Wildman–Crippen MR) is 129 cm³/mol. The minimum absolute atomic E-state index is 0.137. The van der Waals surface area contributed by atoms with Crippen LogP contribution in [0, 0.1) is 6.92 Å². The van der Waals surface area contributed by atoms with Gasteiger partial charge in [-0.3, -0.25) is 9.59 Å². The summed E-state index contributed by atoms with van der Waals surface area (Å²) in [4.78, 5) is 30.6. The number of rotatable bonds is 8. The Hall–Kier alpha value is -3.49. The lowest BCUT2D eigenvalue weighted by atomic mass is 10.2. The second kappa shape index (κ2) is 10.2. The summed E-state index contributed by atoms with van der Waals surface area (Å²) in [6, 6.07) is 17.9. The molecule has 0 aliphatic heterocycles. The van der Waals surface area contributed by atoms with Gasteiger partial charge in [0.1, 0.15) is 12.4 Å². The molecule has 2 aromatic heterocycles. The van der Waals surface area contributed by atoms with Crippen LogP contribution in [0.15, 0.2) is 71.4 Å². The van der Waals surface area contributed by atoms with Crippen LogP contribution in [0.1, 0.15) is 25.9 Å². The van der Waals surface area contributed by atoms with Crippen molar-refractivity contribution in [2.45, 2.75) is 20.0 Å². The van der Waals surface area contributed by atoms with Gasteiger partial charge in [-0.25, -0.2) is 4.98 Å². The summed E-state index contributed by atoms with van der Waals surface area (Å²) in [5.41, 5.74) is 2.39. The van der Waals surface area contributed by atoms with Gasteiger partial charge in [-0.05, 0) is 48.7 Å². The van der Waals surface area contributed by atoms with E-state index < -0.39 is 0 Å². The first-order valence-electron chi connectivity index (χ1n) is 9.93. The number of thiazole rings is 1. The van der Waals surface area contributed by atoms with Crippen LogP contribution in [-0.4, -0.2) is 16.8 Å². The summed E-state index contributed by atoms with van der Waals surface area (Å²) >= 11 is 3.10. The molecule has 0 spiro atoms. The fourth-order valence-corrected chi connectivity index (χ4v) is 4.32. The van der Waals surface area contributed by atoms with Crippen molar-refractivity contribution in [2.24, 2.45) is 0 Å². The highest BCUT2D eigenvalue weighted by Gasteiger charge is 2.12. The Balaban J connectivity index is 1.41. The van der Waals surface area contributed by atoms with Crippen molar-refractivity contribution in [3.05, 3.63) is 92.6 Å². The van der Waals surface area contributed by atoms with Gasteiger partial charge in [-0.15, -0.1) is 22.7 Å². The number of amides is 2. The molecule has 4 rings (SSSR count). The van der Waals surface area contributed by atoms with E-state index in [0.717, 1.165) is 15.6 Å². The zero-order valence-electron chi connectivity index (χ0n) is 17.3. The highest BCUT2D eigenvalue weighted by atomic mass is 32.1. The number of aromatic nitrogens is 1. The second-order valence-electron chi connectivity index (χ2n) is 6.98. The lowest BCUT2D eigenvalue weighted by Gasteiger charge is -2.13. The van der Waals surface area contributed by atoms with Crippen molar-refractivity contribution < 1.29 is 14.3 Å². The number of hydrogen-bond acceptors (Lipinski definition) is 6. The molecule has 0 radical (unpaired) electrons. The van der Waals surface area contributed by atoms with Gasteiger partial charge in [0, 0.05) is 15.8 Å². The number of nitrogens with zero attached hydrogens (tertiary/aromatic N) is 1. The number of para-hydroxylation sites is 2. The third-order valence-electron chi connectivity index (χ3n) is 4.51. The van der Waals surface area contributed by atoms with E-state index >= 15 is 0 Å². The van der Waals surface area contributed by atoms with Gasteiger partial charge in [0.25, 0.3) is 5.91 Å². The standard InChI is InChI=1S/C24H21N3O3S2/c1-16-25-18(15-32-16)14-30-19-7-4-6-17(12-19)24(29)27-22-10-3-2-9-21(22)26-23(28)13-20-8-5-11-31-20/h2-12,15H,13-14H2,1H3,(H,26,28)(H,27,29). The molecular formula is C24H21N3O3S2. The first-order chi connectivity index (χ1) is 15.6. The van der Waals surface area contributed by atoms with E-state index in [4.69, 9.17) is 4.74 Å². The fourth-order valence-electron chi connectivity index (χ4n) is 3.02. The van der Waals surface area contributed by atoms with E-state index in [1.807, 2.05) is 35.9 Å². The molecule has 0 saturated heterocycles. The van der Waals surface area contributed by atoms with Gasteiger partial charge in [-0.2, -0.15) is 0 Å². The van der Waals surface area contributed by atoms with Crippen molar-refractivity contribution in [2.75, 3.05) is 10.6 Å². The molecule has 0 aliphatic rings. The molecule has 0 saturated carbocycles. The number of anilines is 2. The zero-order valence-corrected chi connectivity index (χ0v) is 19.0. The normalized spacial score (nSPS) is 10.5. The molecule has 0 fully saturated rings. The molecule has 0 bridgehead atoms. The van der Waals surface area contributed by atoms with Crippen LogP contribution in [0.3, 0.4) is 0 Å². The van der Waals surface area contributed by atoms with E-state index in [-0.39, 0.29) is 18.2 Å². The summed E-state index contributed by atoms with van der Waals surface area (Å²) < 4.78 is 5.78. The SMILES string of the molecule is Cc1nc(COc2cccc(C(=O)Nc3ccccc3NC(=O)Cc3cccs3)c2)cs1. The van der Waals surface area contributed by atoms with Gasteiger partial charge in [0.15, 0.2) is 0 Å². The van der Waals surface area contributed by atoms with Crippen molar-refractivity contribution in [3.63, 3.8) is 0 Å². The predicted octanol–water partition coefficient (Wildman–Crippen LogP) is 5.53. The number of thiophene rings is 1. The molecule has 4 aromatic rings. The average Bonchev–Trinajstić information content (AvgIpc) is 3.45. The molecule has 6 nitrogen and oxygen atoms in total. The van der Waals surface area contributed by atoms with E-state index in [2.05, 4.69) is 15.6 Å². The van der Waals surface area contributed by atoms with Crippen molar-refractivity contribution >= 4 is 45.9 Å². The zero-order chi connectivity index (χ0) is 22.3. The molecule has 32 heavy (non-hydrogen) atoms. The maximum absolute atomic E-state index is 12.8. The van der Waals surface area contributed by atoms with Crippen molar-refractivity contribution in [1.29, 1.82) is 0 Å². The highest BCUT2D eigenvalue weighted by Crippen LogP contribution is 2.23. The molecule has 2 N–H and O–H groups in total. The smallest absolute Gasteiger partial charge is 0.255 e. The molecule has 2 heterocycles. The summed E-state index contributed by atoms with van der Waals surface area (Å²) in [6.07, 6.45) is 0.290. The van der Waals surface area contributed by atoms with Gasteiger partial charge in [-0.1, -0.05) is 24.3 Å². The van der Waals surface area contributed by atoms with Gasteiger partial charge in [0.2, 0.25) is 5.91 Å². The molecule has 0 unspecified atom stereocenters. The first kappa shape index (κ1) is 21.7. The molecule has 162 valence electrons. The Morgan fingerprint density at radius 3 is 2.50 bits per heavy atom. The molecule has 2 amide bonds. The third kappa shape index (κ3) is 5.81. The third-order valence-corrected chi connectivity index (χ3v) is 6.21. The molecule has 2 aromatic carbocycles. The molecule has 0 aliphatic carbocycles. The maximum atomic E-state index is 12.8. The topological polar surface area (TPSA) is 80.3 Å². The van der Waals surface area contributed by atoms with Gasteiger partial charge in [0.05, 0.1) is 28.5 Å². The Labute approximate surface area is 193 Å². The minimum atomic E-state index is -0.292. The summed E-state index contributed by atoms with van der Waals surface area (Å²) in [6.45, 7) is 2.29. The van der Waals surface area contributed by atoms with Crippen LogP contribution in [0.5, 0.6) is 5.75 Å². The number of nitrogens with one attached hydrogen (secondary N) is 2. The Morgan fingerprint density at radius 2 is 1.78 bits per heavy atom. The van der Waals surface area contributed by atoms with Crippen molar-refractivity contribution in [1.82, 2.24) is 4.98 Å². The van der Waals surface area contributed by atoms with E-state index in [1.165, 1.54) is 11.3 Å². The van der Waals surface area contributed by atoms with Crippen LogP contribution >= 0.6 is 22.7 Å². The Bertz CT molecular complexity index is 1220. The number of aryl methyl sites for hydroxylation is 1. The number of ether oxygens (including phenoxy) is 1. The van der Waals surface area contributed by atoms with Crippen molar-refractivity contribution in [3.8, 4) is 5.75 Å². The number of benzene rings is 2. The number of hydrogen-bond donors (Lipinski definition) is 2. The van der Waals surface area contributed by atoms with Crippen LogP contribution in [0.25, 0.3) is 0 Å². The Kier molecular flexibility index (Phi) is 6.94. The van der Waals surface area contributed by atoms with E-state index in [9.17, 15) is 9.59 Å². The summed E-state index contributed by atoms with van der Waals surface area (Å²) in [5, 5.41) is 10.6. The van der Waals surface area contributed by atoms with E-state index in [0.29, 0.717) is 29.3 Å². The molecule has 0 atom stereocenters. The first-order valence-corrected chi connectivity index (χ1v) is 11.7. The molecular weight excluding hydrogens is 442 g/mol. The quantitative estimate of drug-likeness (QED) is 0.360. The highest BCUT2D eigenvalue weighted by molar-refractivity contribution is 7.10. The fraction of sp³-hybridized carbons (Fsp3) is 0.125. The lowest BCUT2D eigenvalue weighted by molar-refractivity contribution is -0.115. The van der Waals surface area contributed by atoms with Gasteiger partial charge >= 0.3 is 0 Å². The van der Waals surface area contributed by atoms with Crippen LogP contribution in [0.4, 0.5) is 11.4 Å². The summed E-state index contributed by atoms with van der Waals surface area (Å²) in [7, 11) is 0. The number of carbonyl (C=O) groups excluding carboxylic acids is 2. The average molecular weight is 464 g/mol. The minimum Gasteiger partial charge on any atom is -0.487 e. The summed E-state index contributed by atoms with van der Waals surface area (Å²) in [5.74, 6) is 0.155. The van der Waals surface area contributed by atoms with Crippen LogP contribution in [0.2, 0.25) is 0 Å². The largest absolute Gasteiger partial charge is 0.487 e. The van der Waals surface area contributed by atoms with E-state index in [1.54, 1.807) is 53.8 Å². The number of carbonyl (C=O) groups is 2. The van der Waals surface area contributed by atoms with Gasteiger partial charge < -0.3 is 15.4 Å². The lowest BCUT2D eigenvalue weighted by Crippen LogP contribution is -2.17. The second-order valence-corrected chi connectivity index (χ2v) is 9.07. The van der Waals surface area contributed by atoms with Crippen LogP contribution in [-0.2, 0) is 17.8 Å². The van der Waals surface area contributed by atoms with Crippen LogP contribution < -0.4 is 15.4 Å². The maximum Gasteiger partial charge on any atom is 0.255 e.